The van der Waals surface area contributed by atoms with Crippen molar-refractivity contribution in [2.24, 2.45) is 0 Å². The maximum absolute atomic E-state index is 12.6. The van der Waals surface area contributed by atoms with Gasteiger partial charge in [-0.3, -0.25) is 4.79 Å². The predicted molar refractivity (Wildman–Crippen MR) is 134 cm³/mol. The molecule has 3 aromatic carbocycles. The summed E-state index contributed by atoms with van der Waals surface area (Å²) in [5.74, 6) is -1.37. The van der Waals surface area contributed by atoms with E-state index in [9.17, 15) is 14.4 Å². The number of rotatable bonds is 7. The maximum atomic E-state index is 12.6. The Bertz CT molecular complexity index is 1250. The van der Waals surface area contributed by atoms with Crippen molar-refractivity contribution in [3.63, 3.8) is 0 Å². The van der Waals surface area contributed by atoms with Gasteiger partial charge in [-0.15, -0.1) is 0 Å². The monoisotopic (exact) mass is 472 g/mol. The highest BCUT2D eigenvalue weighted by Gasteiger charge is 2.30. The summed E-state index contributed by atoms with van der Waals surface area (Å²) >= 11 is 0. The number of ether oxygens (including phenoxy) is 1. The minimum absolute atomic E-state index is 0.0108. The Morgan fingerprint density at radius 3 is 2.11 bits per heavy atom. The molecule has 0 saturated heterocycles. The molecule has 3 N–H and O–H groups in total. The van der Waals surface area contributed by atoms with Crippen molar-refractivity contribution in [3.8, 4) is 11.1 Å². The van der Waals surface area contributed by atoms with Crippen LogP contribution in [0.25, 0.3) is 11.1 Å². The number of aromatic carboxylic acids is 1. The highest BCUT2D eigenvalue weighted by Crippen LogP contribution is 2.44. The van der Waals surface area contributed by atoms with Gasteiger partial charge in [0.2, 0.25) is 5.91 Å². The molecule has 0 aliphatic heterocycles. The topological polar surface area (TPSA) is 105 Å². The second-order valence-corrected chi connectivity index (χ2v) is 9.39. The Morgan fingerprint density at radius 1 is 0.943 bits per heavy atom. The van der Waals surface area contributed by atoms with E-state index < -0.39 is 17.6 Å². The zero-order chi connectivity index (χ0) is 25.2. The number of amides is 2. The average molecular weight is 473 g/mol. The van der Waals surface area contributed by atoms with Crippen molar-refractivity contribution < 1.29 is 24.2 Å². The number of nitrogens with one attached hydrogen (secondary N) is 2. The van der Waals surface area contributed by atoms with E-state index in [1.807, 2.05) is 24.3 Å². The fraction of sp³-hybridized carbons (Fsp3) is 0.250. The van der Waals surface area contributed by atoms with Crippen molar-refractivity contribution in [1.82, 2.24) is 5.32 Å². The third-order valence-corrected chi connectivity index (χ3v) is 6.13. The summed E-state index contributed by atoms with van der Waals surface area (Å²) in [6.07, 6.45) is -0.581. The van der Waals surface area contributed by atoms with Crippen LogP contribution in [-0.2, 0) is 9.53 Å². The number of alkyl carbamates (subject to hydrolysis) is 1. The Morgan fingerprint density at radius 2 is 1.54 bits per heavy atom. The summed E-state index contributed by atoms with van der Waals surface area (Å²) < 4.78 is 5.59. The van der Waals surface area contributed by atoms with Gasteiger partial charge in [-0.1, -0.05) is 48.5 Å². The van der Waals surface area contributed by atoms with Crippen LogP contribution in [0.3, 0.4) is 0 Å². The largest absolute Gasteiger partial charge is 0.478 e. The van der Waals surface area contributed by atoms with Crippen molar-refractivity contribution in [3.05, 3.63) is 89.0 Å². The molecule has 7 nitrogen and oxygen atoms in total. The molecule has 3 aromatic rings. The molecule has 2 amide bonds. The first-order chi connectivity index (χ1) is 16.6. The number of hydrogen-bond acceptors (Lipinski definition) is 4. The van der Waals surface area contributed by atoms with E-state index in [-0.39, 0.29) is 30.4 Å². The molecule has 0 unspecified atom stereocenters. The SMILES string of the molecule is Cc1cc(NC(=O)CC(C)(C)NC(=O)OCC2c3ccccc3-c3ccccc32)ccc1C(=O)O. The lowest BCUT2D eigenvalue weighted by molar-refractivity contribution is -0.117. The molecule has 1 aliphatic rings. The van der Waals surface area contributed by atoms with Gasteiger partial charge in [0.25, 0.3) is 0 Å². The maximum Gasteiger partial charge on any atom is 0.407 e. The smallest absolute Gasteiger partial charge is 0.407 e. The Balaban J connectivity index is 1.34. The zero-order valence-corrected chi connectivity index (χ0v) is 19.9. The number of fused-ring (bicyclic) bond motifs is 3. The molecule has 0 bridgehead atoms. The first-order valence-corrected chi connectivity index (χ1v) is 11.4. The van der Waals surface area contributed by atoms with Crippen LogP contribution in [0.4, 0.5) is 10.5 Å². The normalized spacial score (nSPS) is 12.4. The lowest BCUT2D eigenvalue weighted by Gasteiger charge is -2.26. The fourth-order valence-electron chi connectivity index (χ4n) is 4.54. The van der Waals surface area contributed by atoms with Crippen LogP contribution in [0.2, 0.25) is 0 Å². The molecule has 0 fully saturated rings. The number of carbonyl (C=O) groups is 3. The number of carbonyl (C=O) groups excluding carboxylic acids is 2. The van der Waals surface area contributed by atoms with Crippen LogP contribution in [-0.4, -0.2) is 35.2 Å². The summed E-state index contributed by atoms with van der Waals surface area (Å²) in [5, 5.41) is 14.7. The summed E-state index contributed by atoms with van der Waals surface area (Å²) in [4.78, 5) is 36.3. The first-order valence-electron chi connectivity index (χ1n) is 11.4. The summed E-state index contributed by atoms with van der Waals surface area (Å²) in [5.41, 5.74) is 4.93. The van der Waals surface area contributed by atoms with Crippen LogP contribution < -0.4 is 10.6 Å². The first kappa shape index (κ1) is 24.0. The van der Waals surface area contributed by atoms with E-state index in [4.69, 9.17) is 9.84 Å². The van der Waals surface area contributed by atoms with Crippen LogP contribution in [0.1, 0.15) is 53.2 Å². The molecule has 0 aromatic heterocycles. The number of benzene rings is 3. The van der Waals surface area contributed by atoms with E-state index >= 15 is 0 Å². The molecular formula is C28H28N2O5. The standard InChI is InChI=1S/C28H28N2O5/c1-17-14-18(12-13-19(17)26(32)33)29-25(31)15-28(2,3)30-27(34)35-16-24-22-10-6-4-8-20(22)21-9-5-7-11-23(21)24/h4-14,24H,15-16H2,1-3H3,(H,29,31)(H,30,34)(H,32,33). The third-order valence-electron chi connectivity index (χ3n) is 6.13. The van der Waals surface area contributed by atoms with Gasteiger partial charge < -0.3 is 20.5 Å². The lowest BCUT2D eigenvalue weighted by atomic mass is 9.98. The lowest BCUT2D eigenvalue weighted by Crippen LogP contribution is -2.46. The molecule has 0 saturated carbocycles. The minimum Gasteiger partial charge on any atom is -0.478 e. The second-order valence-electron chi connectivity index (χ2n) is 9.39. The number of carboxylic acids is 1. The average Bonchev–Trinajstić information content (AvgIpc) is 3.10. The van der Waals surface area contributed by atoms with Gasteiger partial charge in [0, 0.05) is 23.6 Å². The van der Waals surface area contributed by atoms with Crippen molar-refractivity contribution in [2.45, 2.75) is 38.6 Å². The van der Waals surface area contributed by atoms with Crippen molar-refractivity contribution in [2.75, 3.05) is 11.9 Å². The van der Waals surface area contributed by atoms with Gasteiger partial charge in [-0.2, -0.15) is 0 Å². The minimum atomic E-state index is -1.02. The van der Waals surface area contributed by atoms with Gasteiger partial charge in [0.1, 0.15) is 6.61 Å². The Kier molecular flexibility index (Phi) is 6.60. The molecule has 0 spiro atoms. The van der Waals surface area contributed by atoms with E-state index in [2.05, 4.69) is 34.9 Å². The summed E-state index contributed by atoms with van der Waals surface area (Å²) in [6.45, 7) is 5.35. The van der Waals surface area contributed by atoms with Gasteiger partial charge in [-0.25, -0.2) is 9.59 Å². The highest BCUT2D eigenvalue weighted by molar-refractivity contribution is 5.94. The zero-order valence-electron chi connectivity index (χ0n) is 19.9. The van der Waals surface area contributed by atoms with E-state index in [1.54, 1.807) is 32.9 Å². The van der Waals surface area contributed by atoms with Crippen LogP contribution in [0, 0.1) is 6.92 Å². The molecular weight excluding hydrogens is 444 g/mol. The van der Waals surface area contributed by atoms with E-state index in [0.717, 1.165) is 22.3 Å². The van der Waals surface area contributed by atoms with Crippen LogP contribution >= 0.6 is 0 Å². The molecule has 35 heavy (non-hydrogen) atoms. The number of aryl methyl sites for hydroxylation is 1. The van der Waals surface area contributed by atoms with Crippen molar-refractivity contribution >= 4 is 23.7 Å². The second kappa shape index (κ2) is 9.62. The van der Waals surface area contributed by atoms with Gasteiger partial charge >= 0.3 is 12.1 Å². The molecule has 1 aliphatic carbocycles. The summed E-state index contributed by atoms with van der Waals surface area (Å²) in [6, 6.07) is 20.8. The van der Waals surface area contributed by atoms with Gasteiger partial charge in [0.05, 0.1) is 5.56 Å². The summed E-state index contributed by atoms with van der Waals surface area (Å²) in [7, 11) is 0. The number of anilines is 1. The Hall–Kier alpha value is -4.13. The number of hydrogen-bond donors (Lipinski definition) is 3. The van der Waals surface area contributed by atoms with Crippen LogP contribution in [0.15, 0.2) is 66.7 Å². The molecule has 0 atom stereocenters. The van der Waals surface area contributed by atoms with E-state index in [0.29, 0.717) is 11.3 Å². The Labute approximate surface area is 204 Å². The third kappa shape index (κ3) is 5.35. The fourth-order valence-corrected chi connectivity index (χ4v) is 4.54. The molecule has 180 valence electrons. The highest BCUT2D eigenvalue weighted by atomic mass is 16.5. The van der Waals surface area contributed by atoms with E-state index in [1.165, 1.54) is 6.07 Å². The van der Waals surface area contributed by atoms with Gasteiger partial charge in [-0.05, 0) is 66.8 Å². The van der Waals surface area contributed by atoms with Crippen LogP contribution in [0.5, 0.6) is 0 Å². The van der Waals surface area contributed by atoms with Crippen molar-refractivity contribution in [1.29, 1.82) is 0 Å². The molecule has 7 heteroatoms. The molecule has 4 rings (SSSR count). The predicted octanol–water partition coefficient (Wildman–Crippen LogP) is 5.34. The number of carboxylic acid groups (broad SMARTS) is 1. The van der Waals surface area contributed by atoms with Gasteiger partial charge in [0.15, 0.2) is 0 Å². The molecule has 0 heterocycles. The quantitative estimate of drug-likeness (QED) is 0.431. The molecule has 0 radical (unpaired) electrons.